The summed E-state index contributed by atoms with van der Waals surface area (Å²) in [4.78, 5) is 17.4. The van der Waals surface area contributed by atoms with Crippen LogP contribution < -0.4 is 16.6 Å². The molecule has 0 aliphatic carbocycles. The largest absolute Gasteiger partial charge is 0.364 e. The Morgan fingerprint density at radius 1 is 1.71 bits per heavy atom. The van der Waals surface area contributed by atoms with Crippen molar-refractivity contribution >= 4 is 17.5 Å². The number of nitrogens with two attached hydrogens (primary N) is 1. The van der Waals surface area contributed by atoms with Gasteiger partial charge in [-0.1, -0.05) is 0 Å². The Bertz CT molecular complexity index is 341. The first-order valence-electron chi connectivity index (χ1n) is 3.91. The van der Waals surface area contributed by atoms with Crippen molar-refractivity contribution in [3.8, 4) is 0 Å². The maximum Gasteiger partial charge on any atom is 0.329 e. The topological polar surface area (TPSA) is 119 Å². The molecule has 76 valence electrons. The van der Waals surface area contributed by atoms with E-state index in [1.807, 2.05) is 0 Å². The van der Waals surface area contributed by atoms with E-state index in [4.69, 9.17) is 5.84 Å². The molecule has 14 heavy (non-hydrogen) atoms. The lowest BCUT2D eigenvalue weighted by Crippen LogP contribution is -2.13. The molecule has 1 aromatic heterocycles. The number of anilines is 2. The molecular formula is C6H10N6O2. The van der Waals surface area contributed by atoms with E-state index in [0.717, 1.165) is 6.20 Å². The van der Waals surface area contributed by atoms with Gasteiger partial charge in [0.15, 0.2) is 0 Å². The number of hydrazine groups is 1. The normalized spacial score (nSPS) is 9.57. The van der Waals surface area contributed by atoms with Gasteiger partial charge in [-0.25, -0.2) is 10.8 Å². The first-order valence-corrected chi connectivity index (χ1v) is 3.91. The van der Waals surface area contributed by atoms with Crippen molar-refractivity contribution in [2.45, 2.75) is 6.92 Å². The summed E-state index contributed by atoms with van der Waals surface area (Å²) >= 11 is 0. The summed E-state index contributed by atoms with van der Waals surface area (Å²) in [7, 11) is 0. The van der Waals surface area contributed by atoms with E-state index in [0.29, 0.717) is 6.54 Å². The molecule has 0 amide bonds. The van der Waals surface area contributed by atoms with Crippen LogP contribution in [0.5, 0.6) is 0 Å². The van der Waals surface area contributed by atoms with E-state index in [-0.39, 0.29) is 17.5 Å². The molecule has 1 rings (SSSR count). The summed E-state index contributed by atoms with van der Waals surface area (Å²) in [6, 6.07) is 0. The maximum atomic E-state index is 10.5. The first kappa shape index (κ1) is 10.1. The second-order valence-electron chi connectivity index (χ2n) is 2.36. The van der Waals surface area contributed by atoms with Gasteiger partial charge in [-0.3, -0.25) is 15.5 Å². The zero-order chi connectivity index (χ0) is 10.6. The number of hydrogen-bond donors (Lipinski definition) is 3. The lowest BCUT2D eigenvalue weighted by Gasteiger charge is -2.04. The fourth-order valence-electron chi connectivity index (χ4n) is 0.876. The Morgan fingerprint density at radius 2 is 2.43 bits per heavy atom. The number of nitrogen functional groups attached to an aromatic ring is 1. The fraction of sp³-hybridized carbons (Fsp3) is 0.333. The molecule has 1 aromatic rings. The molecule has 0 unspecified atom stereocenters. The Kier molecular flexibility index (Phi) is 3.13. The van der Waals surface area contributed by atoms with E-state index >= 15 is 0 Å². The smallest absolute Gasteiger partial charge is 0.329 e. The van der Waals surface area contributed by atoms with Crippen LogP contribution in [0.4, 0.5) is 17.5 Å². The standard InChI is InChI=1S/C6H10N6O2/c1-2-8-5-4(12(13)14)3-9-6(10-5)11-7/h3H,2,7H2,1H3,(H2,8,9,10,11). The van der Waals surface area contributed by atoms with E-state index in [2.05, 4.69) is 20.7 Å². The predicted molar refractivity (Wildman–Crippen MR) is 50.7 cm³/mol. The van der Waals surface area contributed by atoms with Gasteiger partial charge in [0, 0.05) is 6.54 Å². The van der Waals surface area contributed by atoms with Gasteiger partial charge in [0.05, 0.1) is 4.92 Å². The van der Waals surface area contributed by atoms with E-state index in [1.54, 1.807) is 6.92 Å². The van der Waals surface area contributed by atoms with Crippen LogP contribution in [0, 0.1) is 10.1 Å². The molecule has 0 saturated heterocycles. The number of nitrogens with one attached hydrogen (secondary N) is 2. The number of rotatable bonds is 4. The maximum absolute atomic E-state index is 10.5. The highest BCUT2D eigenvalue weighted by molar-refractivity contribution is 5.56. The highest BCUT2D eigenvalue weighted by Gasteiger charge is 2.15. The van der Waals surface area contributed by atoms with Gasteiger partial charge >= 0.3 is 5.69 Å². The first-order chi connectivity index (χ1) is 6.69. The second kappa shape index (κ2) is 4.33. The minimum Gasteiger partial charge on any atom is -0.364 e. The van der Waals surface area contributed by atoms with Gasteiger partial charge in [0.1, 0.15) is 6.20 Å². The van der Waals surface area contributed by atoms with Gasteiger partial charge < -0.3 is 5.32 Å². The van der Waals surface area contributed by atoms with Crippen molar-refractivity contribution in [2.24, 2.45) is 5.84 Å². The highest BCUT2D eigenvalue weighted by atomic mass is 16.6. The van der Waals surface area contributed by atoms with Gasteiger partial charge in [-0.15, -0.1) is 0 Å². The molecule has 0 bridgehead atoms. The average Bonchev–Trinajstić information content (AvgIpc) is 2.17. The minimum atomic E-state index is -0.557. The third-order valence-corrected chi connectivity index (χ3v) is 1.44. The van der Waals surface area contributed by atoms with Crippen LogP contribution in [0.1, 0.15) is 6.92 Å². The van der Waals surface area contributed by atoms with Crippen LogP contribution >= 0.6 is 0 Å². The van der Waals surface area contributed by atoms with Crippen LogP contribution in [-0.2, 0) is 0 Å². The van der Waals surface area contributed by atoms with Gasteiger partial charge in [0.25, 0.3) is 0 Å². The zero-order valence-corrected chi connectivity index (χ0v) is 7.52. The van der Waals surface area contributed by atoms with Crippen LogP contribution in [0.3, 0.4) is 0 Å². The van der Waals surface area contributed by atoms with Gasteiger partial charge in [-0.2, -0.15) is 4.98 Å². The minimum absolute atomic E-state index is 0.131. The Balaban J connectivity index is 3.10. The molecular weight excluding hydrogens is 188 g/mol. The Morgan fingerprint density at radius 3 is 2.93 bits per heavy atom. The van der Waals surface area contributed by atoms with E-state index < -0.39 is 4.92 Å². The Labute approximate surface area is 79.7 Å². The number of nitro groups is 1. The molecule has 4 N–H and O–H groups in total. The van der Waals surface area contributed by atoms with E-state index in [1.165, 1.54) is 0 Å². The number of nitrogens with zero attached hydrogens (tertiary/aromatic N) is 3. The molecule has 8 nitrogen and oxygen atoms in total. The summed E-state index contributed by atoms with van der Waals surface area (Å²) in [5, 5.41) is 13.3. The lowest BCUT2D eigenvalue weighted by molar-refractivity contribution is -0.384. The molecule has 0 radical (unpaired) electrons. The van der Waals surface area contributed by atoms with Crippen molar-refractivity contribution < 1.29 is 4.92 Å². The quantitative estimate of drug-likeness (QED) is 0.356. The molecule has 0 spiro atoms. The van der Waals surface area contributed by atoms with Crippen molar-refractivity contribution in [1.29, 1.82) is 0 Å². The summed E-state index contributed by atoms with van der Waals surface area (Å²) in [6.45, 7) is 2.34. The van der Waals surface area contributed by atoms with Crippen LogP contribution in [-0.4, -0.2) is 21.4 Å². The van der Waals surface area contributed by atoms with Crippen LogP contribution in [0.2, 0.25) is 0 Å². The zero-order valence-electron chi connectivity index (χ0n) is 7.52. The van der Waals surface area contributed by atoms with Crippen molar-refractivity contribution in [3.63, 3.8) is 0 Å². The van der Waals surface area contributed by atoms with Crippen LogP contribution in [0.15, 0.2) is 6.20 Å². The van der Waals surface area contributed by atoms with Crippen molar-refractivity contribution in [2.75, 3.05) is 17.3 Å². The second-order valence-corrected chi connectivity index (χ2v) is 2.36. The fourth-order valence-corrected chi connectivity index (χ4v) is 0.876. The molecule has 8 heteroatoms. The molecule has 0 atom stereocenters. The van der Waals surface area contributed by atoms with Gasteiger partial charge in [-0.05, 0) is 6.92 Å². The number of aromatic nitrogens is 2. The van der Waals surface area contributed by atoms with Crippen molar-refractivity contribution in [3.05, 3.63) is 16.3 Å². The molecule has 0 aromatic carbocycles. The molecule has 0 fully saturated rings. The summed E-state index contributed by atoms with van der Waals surface area (Å²) in [5.41, 5.74) is 2.03. The monoisotopic (exact) mass is 198 g/mol. The van der Waals surface area contributed by atoms with E-state index in [9.17, 15) is 10.1 Å². The van der Waals surface area contributed by atoms with Crippen molar-refractivity contribution in [1.82, 2.24) is 9.97 Å². The van der Waals surface area contributed by atoms with Crippen LogP contribution in [0.25, 0.3) is 0 Å². The molecule has 0 aliphatic heterocycles. The highest BCUT2D eigenvalue weighted by Crippen LogP contribution is 2.20. The third kappa shape index (κ3) is 2.04. The predicted octanol–water partition coefficient (Wildman–Crippen LogP) is 0.102. The summed E-state index contributed by atoms with van der Waals surface area (Å²) in [5.74, 6) is 5.35. The third-order valence-electron chi connectivity index (χ3n) is 1.44. The molecule has 1 heterocycles. The molecule has 0 aliphatic rings. The number of hydrogen-bond acceptors (Lipinski definition) is 7. The Hall–Kier alpha value is -1.96. The van der Waals surface area contributed by atoms with Gasteiger partial charge in [0.2, 0.25) is 11.8 Å². The summed E-state index contributed by atoms with van der Waals surface area (Å²) in [6.07, 6.45) is 1.10. The SMILES string of the molecule is CCNc1nc(NN)ncc1[N+](=O)[O-]. The molecule has 0 saturated carbocycles. The lowest BCUT2D eigenvalue weighted by atomic mass is 10.4. The average molecular weight is 198 g/mol. The summed E-state index contributed by atoms with van der Waals surface area (Å²) < 4.78 is 0.